The monoisotopic (exact) mass is 388 g/mol. The highest BCUT2D eigenvalue weighted by atomic mass is 79.9. The van der Waals surface area contributed by atoms with Crippen molar-refractivity contribution in [1.29, 1.82) is 0 Å². The fourth-order valence-corrected chi connectivity index (χ4v) is 9.98. The van der Waals surface area contributed by atoms with Gasteiger partial charge in [0.15, 0.2) is 0 Å². The molecule has 3 aromatic carbocycles. The van der Waals surface area contributed by atoms with Gasteiger partial charge in [0.05, 0.1) is 8.27 Å². The van der Waals surface area contributed by atoms with Crippen LogP contribution in [0.25, 0.3) is 0 Å². The molecule has 3 rings (SSSR count). The van der Waals surface area contributed by atoms with E-state index in [4.69, 9.17) is 0 Å². The summed E-state index contributed by atoms with van der Waals surface area (Å²) in [6.45, 7) is 0.842. The van der Waals surface area contributed by atoms with Gasteiger partial charge in [0.25, 0.3) is 0 Å². The number of halogens is 1. The molecule has 0 bridgehead atoms. The Hall–Kier alpha value is -1.00. The molecule has 3 aromatic rings. The van der Waals surface area contributed by atoms with Gasteiger partial charge >= 0.3 is 0 Å². The standard InChI is InChI=1S/C19H19P2.BrH/c1-20-21(17-11-5-2-6-12-17,18-13-7-3-8-14-18)19-15-9-4-10-16-19;/h2-16,20H,1H3;1H/q+1;/p-1. The van der Waals surface area contributed by atoms with Crippen molar-refractivity contribution in [3.63, 3.8) is 0 Å². The summed E-state index contributed by atoms with van der Waals surface area (Å²) in [5.74, 6) is 0. The van der Waals surface area contributed by atoms with E-state index in [2.05, 4.69) is 97.7 Å². The lowest BCUT2D eigenvalue weighted by atomic mass is 10.4. The van der Waals surface area contributed by atoms with Crippen LogP contribution >= 0.6 is 15.2 Å². The Kier molecular flexibility index (Phi) is 6.33. The maximum atomic E-state index is 2.35. The molecule has 0 spiro atoms. The molecule has 0 aliphatic heterocycles. The summed E-state index contributed by atoms with van der Waals surface area (Å²) in [4.78, 5) is 0. The molecule has 0 radical (unpaired) electrons. The molecule has 0 nitrogen and oxygen atoms in total. The van der Waals surface area contributed by atoms with Crippen molar-refractivity contribution in [3.8, 4) is 0 Å². The molecule has 3 heteroatoms. The molecular formula is C19H19BrP2. The zero-order chi connectivity index (χ0) is 14.5. The number of benzene rings is 3. The van der Waals surface area contributed by atoms with Crippen molar-refractivity contribution in [2.45, 2.75) is 0 Å². The molecule has 0 fully saturated rings. The van der Waals surface area contributed by atoms with Crippen LogP contribution in [-0.4, -0.2) is 6.66 Å². The molecule has 1 atom stereocenters. The minimum atomic E-state index is -1.51. The van der Waals surface area contributed by atoms with E-state index in [9.17, 15) is 0 Å². The highest BCUT2D eigenvalue weighted by molar-refractivity contribution is 8.41. The number of rotatable bonds is 4. The third-order valence-electron chi connectivity index (χ3n) is 3.77. The lowest BCUT2D eigenvalue weighted by Crippen LogP contribution is -3.00. The van der Waals surface area contributed by atoms with Crippen LogP contribution in [0.5, 0.6) is 0 Å². The van der Waals surface area contributed by atoms with Gasteiger partial charge in [0, 0.05) is 0 Å². The molecule has 0 aliphatic carbocycles. The Balaban J connectivity index is 0.00000176. The summed E-state index contributed by atoms with van der Waals surface area (Å²) < 4.78 is 0. The molecule has 1 unspecified atom stereocenters. The van der Waals surface area contributed by atoms with E-state index in [0.29, 0.717) is 0 Å². The van der Waals surface area contributed by atoms with Crippen molar-refractivity contribution in [2.24, 2.45) is 0 Å². The maximum Gasteiger partial charge on any atom is 0.126 e. The highest BCUT2D eigenvalue weighted by Gasteiger charge is 2.43. The van der Waals surface area contributed by atoms with Crippen LogP contribution in [0.2, 0.25) is 0 Å². The van der Waals surface area contributed by atoms with E-state index in [1.807, 2.05) is 0 Å². The van der Waals surface area contributed by atoms with E-state index >= 15 is 0 Å². The van der Waals surface area contributed by atoms with Crippen LogP contribution < -0.4 is 32.9 Å². The van der Waals surface area contributed by atoms with Crippen LogP contribution in [0, 0.1) is 0 Å². The fourth-order valence-electron chi connectivity index (χ4n) is 2.79. The first kappa shape index (κ1) is 17.4. The van der Waals surface area contributed by atoms with Crippen molar-refractivity contribution < 1.29 is 17.0 Å². The fraction of sp³-hybridized carbons (Fsp3) is 0.0526. The Bertz CT molecular complexity index is 588. The van der Waals surface area contributed by atoms with Gasteiger partial charge in [-0.05, 0) is 43.1 Å². The Labute approximate surface area is 145 Å². The van der Waals surface area contributed by atoms with Gasteiger partial charge in [0.1, 0.15) is 22.9 Å². The van der Waals surface area contributed by atoms with Gasteiger partial charge in [0.2, 0.25) is 0 Å². The third kappa shape index (κ3) is 3.18. The van der Waals surface area contributed by atoms with E-state index in [-0.39, 0.29) is 17.0 Å². The van der Waals surface area contributed by atoms with Gasteiger partial charge in [-0.2, -0.15) is 0 Å². The van der Waals surface area contributed by atoms with Crippen molar-refractivity contribution >= 4 is 31.1 Å². The minimum Gasteiger partial charge on any atom is -1.00 e. The molecular weight excluding hydrogens is 370 g/mol. The molecule has 112 valence electrons. The molecule has 0 saturated heterocycles. The number of hydrogen-bond donors (Lipinski definition) is 0. The van der Waals surface area contributed by atoms with Gasteiger partial charge in [-0.15, -0.1) is 0 Å². The minimum absolute atomic E-state index is 0. The summed E-state index contributed by atoms with van der Waals surface area (Å²) in [6, 6.07) is 33.1. The van der Waals surface area contributed by atoms with Crippen LogP contribution in [0.3, 0.4) is 0 Å². The van der Waals surface area contributed by atoms with Gasteiger partial charge < -0.3 is 17.0 Å². The van der Waals surface area contributed by atoms with E-state index < -0.39 is 6.95 Å². The average molecular weight is 389 g/mol. The molecule has 0 saturated carbocycles. The van der Waals surface area contributed by atoms with Crippen LogP contribution in [0.15, 0.2) is 91.0 Å². The molecule has 0 N–H and O–H groups in total. The van der Waals surface area contributed by atoms with Crippen LogP contribution in [0.4, 0.5) is 0 Å². The lowest BCUT2D eigenvalue weighted by molar-refractivity contribution is -0.00000399. The van der Waals surface area contributed by atoms with Crippen molar-refractivity contribution in [2.75, 3.05) is 6.66 Å². The SMILES string of the molecule is CP[P+](c1ccccc1)(c1ccccc1)c1ccccc1.[Br-]. The summed E-state index contributed by atoms with van der Waals surface area (Å²) in [6.07, 6.45) is 0. The highest BCUT2D eigenvalue weighted by Crippen LogP contribution is 2.69. The summed E-state index contributed by atoms with van der Waals surface area (Å²) in [5, 5.41) is 4.43. The second-order valence-electron chi connectivity index (χ2n) is 4.90. The first-order valence-corrected chi connectivity index (χ1v) is 11.3. The van der Waals surface area contributed by atoms with E-state index in [0.717, 1.165) is 8.27 Å². The zero-order valence-electron chi connectivity index (χ0n) is 12.5. The summed E-state index contributed by atoms with van der Waals surface area (Å²) in [7, 11) is 0.863. The van der Waals surface area contributed by atoms with Gasteiger partial charge in [-0.3, -0.25) is 0 Å². The third-order valence-corrected chi connectivity index (χ3v) is 12.0. The first-order chi connectivity index (χ1) is 10.4. The maximum absolute atomic E-state index is 2.35. The van der Waals surface area contributed by atoms with Crippen LogP contribution in [-0.2, 0) is 0 Å². The lowest BCUT2D eigenvalue weighted by Gasteiger charge is -2.25. The molecule has 0 amide bonds. The Morgan fingerprint density at radius 3 is 1.05 bits per heavy atom. The van der Waals surface area contributed by atoms with E-state index in [1.165, 1.54) is 15.9 Å². The molecule has 0 aliphatic rings. The smallest absolute Gasteiger partial charge is 0.126 e. The first-order valence-electron chi connectivity index (χ1n) is 7.13. The van der Waals surface area contributed by atoms with Crippen molar-refractivity contribution in [1.82, 2.24) is 0 Å². The second-order valence-corrected chi connectivity index (χ2v) is 11.6. The van der Waals surface area contributed by atoms with Gasteiger partial charge in [-0.1, -0.05) is 54.6 Å². The summed E-state index contributed by atoms with van der Waals surface area (Å²) in [5.41, 5.74) is 0. The largest absolute Gasteiger partial charge is 1.00 e. The molecule has 22 heavy (non-hydrogen) atoms. The van der Waals surface area contributed by atoms with Crippen LogP contribution in [0.1, 0.15) is 0 Å². The second kappa shape index (κ2) is 8.02. The molecule has 0 heterocycles. The van der Waals surface area contributed by atoms with Gasteiger partial charge in [-0.25, -0.2) is 0 Å². The zero-order valence-corrected chi connectivity index (χ0v) is 16.0. The average Bonchev–Trinajstić information content (AvgIpc) is 2.59. The topological polar surface area (TPSA) is 0 Å². The predicted molar refractivity (Wildman–Crippen MR) is 99.4 cm³/mol. The molecule has 0 aromatic heterocycles. The Morgan fingerprint density at radius 1 is 0.545 bits per heavy atom. The van der Waals surface area contributed by atoms with Crippen molar-refractivity contribution in [3.05, 3.63) is 91.0 Å². The predicted octanol–water partition coefficient (Wildman–Crippen LogP) is 1.21. The quantitative estimate of drug-likeness (QED) is 0.589. The summed E-state index contributed by atoms with van der Waals surface area (Å²) >= 11 is 0. The number of hydrogen-bond acceptors (Lipinski definition) is 0. The normalized spacial score (nSPS) is 11.3. The Morgan fingerprint density at radius 2 is 0.818 bits per heavy atom. The van der Waals surface area contributed by atoms with E-state index in [1.54, 1.807) is 0 Å².